The van der Waals surface area contributed by atoms with E-state index in [1.165, 1.54) is 0 Å². The molecule has 0 saturated heterocycles. The van der Waals surface area contributed by atoms with Gasteiger partial charge in [0, 0.05) is 18.2 Å². The molecule has 0 unspecified atom stereocenters. The fourth-order valence-corrected chi connectivity index (χ4v) is 3.80. The molecule has 1 amide bonds. The summed E-state index contributed by atoms with van der Waals surface area (Å²) < 4.78 is 12.9. The number of carbonyl (C=O) groups is 1. The number of hydrogen-bond donors (Lipinski definition) is 1. The van der Waals surface area contributed by atoms with Gasteiger partial charge in [-0.3, -0.25) is 4.79 Å². The summed E-state index contributed by atoms with van der Waals surface area (Å²) in [5.74, 6) is 1.84. The molecule has 0 bridgehead atoms. The molecule has 0 aliphatic carbocycles. The third-order valence-corrected chi connectivity index (χ3v) is 5.27. The molecule has 2 aromatic carbocycles. The number of aromatic nitrogens is 2. The summed E-state index contributed by atoms with van der Waals surface area (Å²) in [7, 11) is 3.17. The summed E-state index contributed by atoms with van der Waals surface area (Å²) in [4.78, 5) is 18.0. The standard InChI is InChI=1S/C23H25N3O3/c1-28-17-12-13-20(29-2)18(15-17)24-23(27)21-19-11-7-4-8-14-26(19)22(25-21)16-9-5-3-6-10-16/h3,5-6,9-10,12-13,15H,4,7-8,11,14H2,1-2H3,(H,24,27). The number of fused-ring (bicyclic) bond motifs is 1. The van der Waals surface area contributed by atoms with E-state index >= 15 is 0 Å². The summed E-state index contributed by atoms with van der Waals surface area (Å²) in [6.07, 6.45) is 4.15. The molecule has 1 aliphatic heterocycles. The van der Waals surface area contributed by atoms with E-state index in [0.29, 0.717) is 22.9 Å². The molecule has 1 aliphatic rings. The minimum Gasteiger partial charge on any atom is -0.497 e. The first-order chi connectivity index (χ1) is 14.2. The molecule has 4 rings (SSSR count). The van der Waals surface area contributed by atoms with Crippen molar-refractivity contribution in [2.45, 2.75) is 32.2 Å². The van der Waals surface area contributed by atoms with Gasteiger partial charge in [-0.15, -0.1) is 0 Å². The highest BCUT2D eigenvalue weighted by atomic mass is 16.5. The minimum absolute atomic E-state index is 0.232. The molecule has 150 valence electrons. The van der Waals surface area contributed by atoms with Crippen molar-refractivity contribution in [3.63, 3.8) is 0 Å². The van der Waals surface area contributed by atoms with Gasteiger partial charge in [0.1, 0.15) is 23.0 Å². The van der Waals surface area contributed by atoms with Crippen LogP contribution in [0.3, 0.4) is 0 Å². The van der Waals surface area contributed by atoms with E-state index in [4.69, 9.17) is 14.5 Å². The third kappa shape index (κ3) is 3.83. The van der Waals surface area contributed by atoms with Gasteiger partial charge >= 0.3 is 0 Å². The maximum absolute atomic E-state index is 13.2. The average molecular weight is 391 g/mol. The first kappa shape index (κ1) is 19.1. The van der Waals surface area contributed by atoms with Crippen molar-refractivity contribution in [1.29, 1.82) is 0 Å². The molecule has 3 aromatic rings. The van der Waals surface area contributed by atoms with Crippen molar-refractivity contribution < 1.29 is 14.3 Å². The minimum atomic E-state index is -0.232. The number of rotatable bonds is 5. The first-order valence-electron chi connectivity index (χ1n) is 9.89. The highest BCUT2D eigenvalue weighted by Gasteiger charge is 2.25. The Morgan fingerprint density at radius 3 is 2.62 bits per heavy atom. The molecule has 1 aromatic heterocycles. The molecule has 0 atom stereocenters. The Morgan fingerprint density at radius 1 is 1.03 bits per heavy atom. The number of anilines is 1. The average Bonchev–Trinajstić information content (AvgIpc) is 2.95. The zero-order valence-corrected chi connectivity index (χ0v) is 16.8. The monoisotopic (exact) mass is 391 g/mol. The number of methoxy groups -OCH3 is 2. The van der Waals surface area contributed by atoms with Gasteiger partial charge in [0.05, 0.1) is 25.6 Å². The van der Waals surface area contributed by atoms with Gasteiger partial charge in [0.15, 0.2) is 0 Å². The molecule has 0 fully saturated rings. The Morgan fingerprint density at radius 2 is 1.86 bits per heavy atom. The fourth-order valence-electron chi connectivity index (χ4n) is 3.80. The second-order valence-corrected chi connectivity index (χ2v) is 7.08. The Kier molecular flexibility index (Phi) is 5.51. The van der Waals surface area contributed by atoms with Gasteiger partial charge in [-0.05, 0) is 31.4 Å². The van der Waals surface area contributed by atoms with E-state index in [9.17, 15) is 4.79 Å². The van der Waals surface area contributed by atoms with Crippen molar-refractivity contribution in [1.82, 2.24) is 9.55 Å². The zero-order chi connectivity index (χ0) is 20.2. The Balaban J connectivity index is 1.73. The van der Waals surface area contributed by atoms with Crippen LogP contribution in [0.4, 0.5) is 5.69 Å². The van der Waals surface area contributed by atoms with Crippen LogP contribution < -0.4 is 14.8 Å². The van der Waals surface area contributed by atoms with Gasteiger partial charge in [-0.1, -0.05) is 36.8 Å². The molecule has 2 heterocycles. The van der Waals surface area contributed by atoms with Crippen molar-refractivity contribution >= 4 is 11.6 Å². The van der Waals surface area contributed by atoms with Crippen LogP contribution in [-0.4, -0.2) is 29.7 Å². The summed E-state index contributed by atoms with van der Waals surface area (Å²) >= 11 is 0. The summed E-state index contributed by atoms with van der Waals surface area (Å²) in [5, 5.41) is 2.97. The molecule has 0 saturated carbocycles. The number of imidazole rings is 1. The zero-order valence-electron chi connectivity index (χ0n) is 16.8. The predicted octanol–water partition coefficient (Wildman–Crippen LogP) is 4.55. The lowest BCUT2D eigenvalue weighted by Crippen LogP contribution is -2.16. The smallest absolute Gasteiger partial charge is 0.276 e. The van der Waals surface area contributed by atoms with Crippen LogP contribution in [-0.2, 0) is 13.0 Å². The Hall–Kier alpha value is -3.28. The molecule has 6 nitrogen and oxygen atoms in total. The van der Waals surface area contributed by atoms with Crippen molar-refractivity contribution in [2.24, 2.45) is 0 Å². The summed E-state index contributed by atoms with van der Waals surface area (Å²) in [6.45, 7) is 0.877. The number of carbonyl (C=O) groups excluding carboxylic acids is 1. The lowest BCUT2D eigenvalue weighted by atomic mass is 10.1. The summed E-state index contributed by atoms with van der Waals surface area (Å²) in [6, 6.07) is 15.4. The van der Waals surface area contributed by atoms with E-state index in [-0.39, 0.29) is 5.91 Å². The van der Waals surface area contributed by atoms with E-state index < -0.39 is 0 Å². The van der Waals surface area contributed by atoms with Crippen molar-refractivity contribution in [2.75, 3.05) is 19.5 Å². The normalized spacial score (nSPS) is 13.3. The van der Waals surface area contributed by atoms with Crippen LogP contribution >= 0.6 is 0 Å². The number of nitrogens with zero attached hydrogens (tertiary/aromatic N) is 2. The van der Waals surface area contributed by atoms with Crippen LogP contribution in [0, 0.1) is 0 Å². The highest BCUT2D eigenvalue weighted by Crippen LogP contribution is 2.31. The van der Waals surface area contributed by atoms with E-state index in [0.717, 1.165) is 49.3 Å². The second kappa shape index (κ2) is 8.39. The molecule has 1 N–H and O–H groups in total. The van der Waals surface area contributed by atoms with Gasteiger partial charge < -0.3 is 19.4 Å². The van der Waals surface area contributed by atoms with E-state index in [1.807, 2.05) is 30.3 Å². The van der Waals surface area contributed by atoms with E-state index in [1.54, 1.807) is 32.4 Å². The molecule has 29 heavy (non-hydrogen) atoms. The number of ether oxygens (including phenoxy) is 2. The highest BCUT2D eigenvalue weighted by molar-refractivity contribution is 6.05. The maximum Gasteiger partial charge on any atom is 0.276 e. The fraction of sp³-hybridized carbons (Fsp3) is 0.304. The third-order valence-electron chi connectivity index (χ3n) is 5.27. The van der Waals surface area contributed by atoms with Gasteiger partial charge in [0.25, 0.3) is 5.91 Å². The number of amides is 1. The van der Waals surface area contributed by atoms with Crippen LogP contribution in [0.15, 0.2) is 48.5 Å². The van der Waals surface area contributed by atoms with Crippen molar-refractivity contribution in [3.05, 3.63) is 59.9 Å². The quantitative estimate of drug-likeness (QED) is 0.693. The second-order valence-electron chi connectivity index (χ2n) is 7.08. The van der Waals surface area contributed by atoms with Gasteiger partial charge in [-0.2, -0.15) is 0 Å². The van der Waals surface area contributed by atoms with Crippen molar-refractivity contribution in [3.8, 4) is 22.9 Å². The largest absolute Gasteiger partial charge is 0.497 e. The lowest BCUT2D eigenvalue weighted by Gasteiger charge is -2.12. The lowest BCUT2D eigenvalue weighted by molar-refractivity contribution is 0.102. The summed E-state index contributed by atoms with van der Waals surface area (Å²) in [5.41, 5.74) is 3.07. The maximum atomic E-state index is 13.2. The van der Waals surface area contributed by atoms with Gasteiger partial charge in [-0.25, -0.2) is 4.98 Å². The molecular weight excluding hydrogens is 366 g/mol. The van der Waals surface area contributed by atoms with Crippen LogP contribution in [0.25, 0.3) is 11.4 Å². The Bertz CT molecular complexity index is 1010. The van der Waals surface area contributed by atoms with Crippen LogP contribution in [0.1, 0.15) is 35.4 Å². The Labute approximate surface area is 170 Å². The number of hydrogen-bond acceptors (Lipinski definition) is 4. The molecular formula is C23H25N3O3. The molecule has 0 spiro atoms. The van der Waals surface area contributed by atoms with Gasteiger partial charge in [0.2, 0.25) is 0 Å². The predicted molar refractivity (Wildman–Crippen MR) is 113 cm³/mol. The van der Waals surface area contributed by atoms with Crippen LogP contribution in [0.2, 0.25) is 0 Å². The molecule has 6 heteroatoms. The molecule has 0 radical (unpaired) electrons. The SMILES string of the molecule is COc1ccc(OC)c(NC(=O)c2nc(-c3ccccc3)n3c2CCCCC3)c1. The van der Waals surface area contributed by atoms with Crippen LogP contribution in [0.5, 0.6) is 11.5 Å². The topological polar surface area (TPSA) is 65.4 Å². The van der Waals surface area contributed by atoms with E-state index in [2.05, 4.69) is 9.88 Å². The first-order valence-corrected chi connectivity index (χ1v) is 9.89. The number of benzene rings is 2. The number of nitrogens with one attached hydrogen (secondary N) is 1.